The molecule has 54 valence electrons. The quantitative estimate of drug-likeness (QED) is 0.627. The predicted molar refractivity (Wildman–Crippen MR) is 40.6 cm³/mol. The van der Waals surface area contributed by atoms with Crippen molar-refractivity contribution in [1.82, 2.24) is 0 Å². The van der Waals surface area contributed by atoms with Crippen LogP contribution in [-0.2, 0) is 6.42 Å². The van der Waals surface area contributed by atoms with Gasteiger partial charge in [0.1, 0.15) is 5.75 Å². The normalized spacial score (nSPS) is 9.40. The topological polar surface area (TPSA) is 35.2 Å². The molecule has 1 rings (SSSR count). The summed E-state index contributed by atoms with van der Waals surface area (Å²) in [6.45, 7) is 2.09. The van der Waals surface area contributed by atoms with Gasteiger partial charge in [-0.15, -0.1) is 0 Å². The third-order valence-corrected chi connectivity index (χ3v) is 1.44. The predicted octanol–water partition coefficient (Wildman–Crippen LogP) is 1.50. The van der Waals surface area contributed by atoms with Crippen LogP contribution < -0.4 is 10.7 Å². The van der Waals surface area contributed by atoms with Gasteiger partial charge in [0.2, 0.25) is 0 Å². The van der Waals surface area contributed by atoms with Crippen molar-refractivity contribution in [3.8, 4) is 5.75 Å². The van der Waals surface area contributed by atoms with Crippen LogP contribution >= 0.6 is 0 Å². The summed E-state index contributed by atoms with van der Waals surface area (Å²) in [5.41, 5.74) is 1.24. The van der Waals surface area contributed by atoms with E-state index < -0.39 is 0 Å². The Morgan fingerprint density at radius 1 is 1.50 bits per heavy atom. The van der Waals surface area contributed by atoms with Crippen molar-refractivity contribution in [2.75, 3.05) is 0 Å². The highest BCUT2D eigenvalue weighted by Crippen LogP contribution is 2.11. The van der Waals surface area contributed by atoms with Crippen LogP contribution in [0.1, 0.15) is 12.5 Å². The van der Waals surface area contributed by atoms with Crippen molar-refractivity contribution in [3.05, 3.63) is 29.8 Å². The summed E-state index contributed by atoms with van der Waals surface area (Å²) in [7, 11) is 0. The summed E-state index contributed by atoms with van der Waals surface area (Å²) < 4.78 is 0. The van der Waals surface area contributed by atoms with Crippen molar-refractivity contribution >= 4 is 0 Å². The average Bonchev–Trinajstić information content (AvgIpc) is 2.05. The molecule has 0 aliphatic rings. The van der Waals surface area contributed by atoms with E-state index >= 15 is 0 Å². The summed E-state index contributed by atoms with van der Waals surface area (Å²) >= 11 is 0. The van der Waals surface area contributed by atoms with Gasteiger partial charge in [0.25, 0.3) is 0 Å². The molecule has 1 aromatic rings. The standard InChI is InChI=1S/C8H11NO/c1-2-7-4-3-5-8(6-7)10-9/h3-6H,2,9H2,1H3. The minimum absolute atomic E-state index is 0.722. The largest absolute Gasteiger partial charge is 0.412 e. The van der Waals surface area contributed by atoms with Gasteiger partial charge in [-0.2, -0.15) is 5.90 Å². The van der Waals surface area contributed by atoms with Crippen LogP contribution in [-0.4, -0.2) is 0 Å². The second kappa shape index (κ2) is 3.22. The van der Waals surface area contributed by atoms with Gasteiger partial charge in [-0.05, 0) is 24.1 Å². The number of nitrogens with two attached hydrogens (primary N) is 1. The van der Waals surface area contributed by atoms with E-state index in [9.17, 15) is 0 Å². The molecule has 0 radical (unpaired) electrons. The van der Waals surface area contributed by atoms with Crippen LogP contribution in [0.25, 0.3) is 0 Å². The highest BCUT2D eigenvalue weighted by Gasteiger charge is 1.91. The smallest absolute Gasteiger partial charge is 0.147 e. The molecule has 1 aromatic carbocycles. The first-order valence-corrected chi connectivity index (χ1v) is 3.32. The average molecular weight is 137 g/mol. The first kappa shape index (κ1) is 7.09. The Morgan fingerprint density at radius 2 is 2.30 bits per heavy atom. The maximum Gasteiger partial charge on any atom is 0.147 e. The highest BCUT2D eigenvalue weighted by atomic mass is 16.6. The highest BCUT2D eigenvalue weighted by molar-refractivity contribution is 5.27. The first-order valence-electron chi connectivity index (χ1n) is 3.32. The molecule has 0 aliphatic carbocycles. The maximum atomic E-state index is 4.97. The Morgan fingerprint density at radius 3 is 2.90 bits per heavy atom. The molecule has 10 heavy (non-hydrogen) atoms. The summed E-state index contributed by atoms with van der Waals surface area (Å²) in [6.07, 6.45) is 1.01. The molecule has 0 bridgehead atoms. The Kier molecular flexibility index (Phi) is 2.29. The molecular formula is C8H11NO. The van der Waals surface area contributed by atoms with Gasteiger partial charge >= 0.3 is 0 Å². The van der Waals surface area contributed by atoms with Gasteiger partial charge in [-0.3, -0.25) is 0 Å². The molecule has 2 N–H and O–H groups in total. The van der Waals surface area contributed by atoms with Crippen molar-refractivity contribution in [1.29, 1.82) is 0 Å². The Hall–Kier alpha value is -1.02. The van der Waals surface area contributed by atoms with Gasteiger partial charge in [0, 0.05) is 0 Å². The maximum absolute atomic E-state index is 4.97. The number of aryl methyl sites for hydroxylation is 1. The first-order chi connectivity index (χ1) is 4.86. The van der Waals surface area contributed by atoms with Crippen LogP contribution in [0, 0.1) is 0 Å². The second-order valence-corrected chi connectivity index (χ2v) is 2.12. The zero-order valence-electron chi connectivity index (χ0n) is 6.00. The second-order valence-electron chi connectivity index (χ2n) is 2.12. The molecule has 2 nitrogen and oxygen atoms in total. The van der Waals surface area contributed by atoms with Gasteiger partial charge in [0.05, 0.1) is 0 Å². The van der Waals surface area contributed by atoms with Crippen LogP contribution in [0.15, 0.2) is 24.3 Å². The minimum atomic E-state index is 0.722. The zero-order valence-corrected chi connectivity index (χ0v) is 6.00. The zero-order chi connectivity index (χ0) is 7.40. The number of rotatable bonds is 2. The lowest BCUT2D eigenvalue weighted by atomic mass is 10.2. The van der Waals surface area contributed by atoms with E-state index in [1.807, 2.05) is 24.3 Å². The van der Waals surface area contributed by atoms with Gasteiger partial charge < -0.3 is 4.84 Å². The lowest BCUT2D eigenvalue weighted by Crippen LogP contribution is -2.01. The molecule has 0 saturated carbocycles. The molecule has 0 unspecified atom stereocenters. The minimum Gasteiger partial charge on any atom is -0.412 e. The third-order valence-electron chi connectivity index (χ3n) is 1.44. The number of hydrogen-bond acceptors (Lipinski definition) is 2. The van der Waals surface area contributed by atoms with Crippen LogP contribution in [0.2, 0.25) is 0 Å². The van der Waals surface area contributed by atoms with E-state index in [1.54, 1.807) is 0 Å². The summed E-state index contributed by atoms with van der Waals surface area (Å²) in [4.78, 5) is 4.56. The molecule has 0 fully saturated rings. The molecule has 0 aromatic heterocycles. The summed E-state index contributed by atoms with van der Waals surface area (Å²) in [5, 5.41) is 0. The van der Waals surface area contributed by atoms with Crippen LogP contribution in [0.5, 0.6) is 5.75 Å². The van der Waals surface area contributed by atoms with E-state index in [2.05, 4.69) is 11.8 Å². The van der Waals surface area contributed by atoms with Gasteiger partial charge in [-0.25, -0.2) is 0 Å². The van der Waals surface area contributed by atoms with Gasteiger partial charge in [0.15, 0.2) is 0 Å². The fourth-order valence-electron chi connectivity index (χ4n) is 0.839. The third kappa shape index (κ3) is 1.48. The number of hydrogen-bond donors (Lipinski definition) is 1. The van der Waals surface area contributed by atoms with E-state index in [4.69, 9.17) is 5.90 Å². The molecule has 0 spiro atoms. The SMILES string of the molecule is CCc1cccc(ON)c1. The molecule has 0 amide bonds. The monoisotopic (exact) mass is 137 g/mol. The molecular weight excluding hydrogens is 126 g/mol. The Labute approximate surface area is 60.6 Å². The van der Waals surface area contributed by atoms with E-state index in [1.165, 1.54) is 5.56 Å². The lowest BCUT2D eigenvalue weighted by molar-refractivity contribution is 0.334. The molecule has 0 aliphatic heterocycles. The molecule has 2 heteroatoms. The Balaban J connectivity index is 2.87. The van der Waals surface area contributed by atoms with Crippen LogP contribution in [0.4, 0.5) is 0 Å². The van der Waals surface area contributed by atoms with Crippen molar-refractivity contribution < 1.29 is 4.84 Å². The fourth-order valence-corrected chi connectivity index (χ4v) is 0.839. The van der Waals surface area contributed by atoms with Crippen molar-refractivity contribution in [2.24, 2.45) is 5.90 Å². The summed E-state index contributed by atoms with van der Waals surface area (Å²) in [6, 6.07) is 7.74. The summed E-state index contributed by atoms with van der Waals surface area (Å²) in [5.74, 6) is 5.70. The van der Waals surface area contributed by atoms with E-state index in [0.29, 0.717) is 0 Å². The molecule has 0 atom stereocenters. The van der Waals surface area contributed by atoms with Crippen molar-refractivity contribution in [2.45, 2.75) is 13.3 Å². The molecule has 0 saturated heterocycles. The lowest BCUT2D eigenvalue weighted by Gasteiger charge is -1.99. The fraction of sp³-hybridized carbons (Fsp3) is 0.250. The van der Waals surface area contributed by atoms with Gasteiger partial charge in [-0.1, -0.05) is 19.1 Å². The van der Waals surface area contributed by atoms with E-state index in [-0.39, 0.29) is 0 Å². The van der Waals surface area contributed by atoms with Crippen LogP contribution in [0.3, 0.4) is 0 Å². The van der Waals surface area contributed by atoms with Crippen molar-refractivity contribution in [3.63, 3.8) is 0 Å². The Bertz CT molecular complexity index is 191. The van der Waals surface area contributed by atoms with E-state index in [0.717, 1.165) is 12.2 Å². The molecule has 0 heterocycles. The number of benzene rings is 1.